The lowest BCUT2D eigenvalue weighted by Crippen LogP contribution is -2.33. The lowest BCUT2D eigenvalue weighted by atomic mass is 9.99. The Morgan fingerprint density at radius 2 is 1.93 bits per heavy atom. The number of nitrogens with two attached hydrogens (primary N) is 1. The molecular formula is C20H20ClNO5S2. The van der Waals surface area contributed by atoms with E-state index in [1.807, 2.05) is 13.0 Å². The Labute approximate surface area is 179 Å². The first-order valence-corrected chi connectivity index (χ1v) is 11.4. The fraction of sp³-hybridized carbons (Fsp3) is 0.350. The van der Waals surface area contributed by atoms with E-state index in [1.165, 1.54) is 12.1 Å². The second kappa shape index (κ2) is 7.43. The highest BCUT2D eigenvalue weighted by atomic mass is 35.5. The Morgan fingerprint density at radius 3 is 2.59 bits per heavy atom. The largest absolute Gasteiger partial charge is 0.454 e. The van der Waals surface area contributed by atoms with Crippen LogP contribution < -0.4 is 15.2 Å². The first kappa shape index (κ1) is 20.4. The van der Waals surface area contributed by atoms with Crippen molar-refractivity contribution in [3.05, 3.63) is 53.1 Å². The van der Waals surface area contributed by atoms with E-state index in [9.17, 15) is 8.42 Å². The number of hydrogen-bond donors (Lipinski definition) is 1. The maximum atomic E-state index is 13.5. The molecule has 1 fully saturated rings. The molecule has 2 N–H and O–H groups in total. The number of fused-ring (bicyclic) bond motifs is 1. The van der Waals surface area contributed by atoms with Crippen molar-refractivity contribution in [1.82, 2.24) is 0 Å². The van der Waals surface area contributed by atoms with Crippen molar-refractivity contribution in [3.8, 4) is 11.5 Å². The normalized spacial score (nSPS) is 25.0. The van der Waals surface area contributed by atoms with Crippen LogP contribution in [0.25, 0.3) is 0 Å². The lowest BCUT2D eigenvalue weighted by Gasteiger charge is -2.17. The zero-order chi connectivity index (χ0) is 20.8. The van der Waals surface area contributed by atoms with Gasteiger partial charge in [-0.05, 0) is 48.9 Å². The molecule has 2 aromatic carbocycles. The van der Waals surface area contributed by atoms with Crippen molar-refractivity contribution in [3.63, 3.8) is 0 Å². The number of sulfone groups is 1. The summed E-state index contributed by atoms with van der Waals surface area (Å²) >= 11 is 11.3. The van der Waals surface area contributed by atoms with E-state index in [0.29, 0.717) is 23.1 Å². The fourth-order valence-electron chi connectivity index (χ4n) is 4.02. The summed E-state index contributed by atoms with van der Waals surface area (Å²) in [7, 11) is -3.76. The van der Waals surface area contributed by atoms with Crippen molar-refractivity contribution in [1.29, 1.82) is 0 Å². The van der Waals surface area contributed by atoms with Gasteiger partial charge in [-0.3, -0.25) is 0 Å². The van der Waals surface area contributed by atoms with E-state index in [0.717, 1.165) is 5.56 Å². The monoisotopic (exact) mass is 453 g/mol. The quantitative estimate of drug-likeness (QED) is 0.643. The molecule has 0 amide bonds. The summed E-state index contributed by atoms with van der Waals surface area (Å²) in [4.78, 5) is 0.295. The highest BCUT2D eigenvalue weighted by Crippen LogP contribution is 2.65. The number of thiocarbonyl (C=S) groups is 1. The van der Waals surface area contributed by atoms with Gasteiger partial charge in [0.15, 0.2) is 21.3 Å². The van der Waals surface area contributed by atoms with Gasteiger partial charge >= 0.3 is 0 Å². The van der Waals surface area contributed by atoms with Crippen LogP contribution in [0.1, 0.15) is 18.4 Å². The SMILES string of the molecule is CCOC[C@@]1(C(N)=S)[C@@H](c2ccc3c(c2)OCO3)[C@@H]1S(=O)(=O)c1ccc(Cl)cc1. The van der Waals surface area contributed by atoms with Crippen molar-refractivity contribution in [2.75, 3.05) is 20.0 Å². The van der Waals surface area contributed by atoms with Crippen LogP contribution >= 0.6 is 23.8 Å². The first-order valence-electron chi connectivity index (χ1n) is 9.09. The second-order valence-electron chi connectivity index (χ2n) is 7.05. The highest BCUT2D eigenvalue weighted by molar-refractivity contribution is 7.92. The van der Waals surface area contributed by atoms with Crippen molar-refractivity contribution < 1.29 is 22.6 Å². The molecule has 154 valence electrons. The molecule has 0 radical (unpaired) electrons. The van der Waals surface area contributed by atoms with Gasteiger partial charge in [-0.25, -0.2) is 8.42 Å². The molecular weight excluding hydrogens is 434 g/mol. The summed E-state index contributed by atoms with van der Waals surface area (Å²) in [5.41, 5.74) is 5.88. The molecule has 1 aliphatic heterocycles. The molecule has 1 aliphatic carbocycles. The van der Waals surface area contributed by atoms with E-state index < -0.39 is 26.4 Å². The summed E-state index contributed by atoms with van der Waals surface area (Å²) in [6, 6.07) is 11.5. The molecule has 1 heterocycles. The number of hydrogen-bond acceptors (Lipinski definition) is 6. The maximum absolute atomic E-state index is 13.5. The third-order valence-electron chi connectivity index (χ3n) is 5.49. The Hall–Kier alpha value is -1.87. The van der Waals surface area contributed by atoms with Crippen molar-refractivity contribution in [2.24, 2.45) is 11.1 Å². The fourth-order valence-corrected chi connectivity index (χ4v) is 6.92. The Balaban J connectivity index is 1.80. The summed E-state index contributed by atoms with van der Waals surface area (Å²) in [5, 5.41) is -0.386. The van der Waals surface area contributed by atoms with Gasteiger partial charge in [0.05, 0.1) is 27.2 Å². The molecule has 2 aromatic rings. The highest BCUT2D eigenvalue weighted by Gasteiger charge is 2.73. The Morgan fingerprint density at radius 1 is 1.24 bits per heavy atom. The number of halogens is 1. The molecule has 9 heteroatoms. The van der Waals surface area contributed by atoms with Crippen LogP contribution in [0.4, 0.5) is 0 Å². The second-order valence-corrected chi connectivity index (χ2v) is 10.00. The molecule has 3 atom stereocenters. The molecule has 0 bridgehead atoms. The molecule has 0 aromatic heterocycles. The summed E-state index contributed by atoms with van der Waals surface area (Å²) in [6.07, 6.45) is 0. The van der Waals surface area contributed by atoms with Crippen LogP contribution in [-0.2, 0) is 14.6 Å². The van der Waals surface area contributed by atoms with Gasteiger partial charge in [0.25, 0.3) is 0 Å². The maximum Gasteiger partial charge on any atom is 0.231 e. The molecule has 0 spiro atoms. The molecule has 29 heavy (non-hydrogen) atoms. The van der Waals surface area contributed by atoms with E-state index in [1.54, 1.807) is 24.3 Å². The summed E-state index contributed by atoms with van der Waals surface area (Å²) in [6.45, 7) is 2.52. The minimum atomic E-state index is -3.76. The van der Waals surface area contributed by atoms with Gasteiger partial charge < -0.3 is 19.9 Å². The third kappa shape index (κ3) is 3.28. The summed E-state index contributed by atoms with van der Waals surface area (Å²) < 4.78 is 43.5. The van der Waals surface area contributed by atoms with Crippen LogP contribution in [0.2, 0.25) is 5.02 Å². The van der Waals surface area contributed by atoms with Crippen LogP contribution in [0.15, 0.2) is 47.4 Å². The molecule has 2 aliphatic rings. The Bertz CT molecular complexity index is 1060. The van der Waals surface area contributed by atoms with Gasteiger partial charge in [-0.1, -0.05) is 29.9 Å². The molecule has 0 unspecified atom stereocenters. The zero-order valence-electron chi connectivity index (χ0n) is 15.6. The minimum absolute atomic E-state index is 0.120. The molecule has 4 rings (SSSR count). The van der Waals surface area contributed by atoms with Crippen LogP contribution in [0.5, 0.6) is 11.5 Å². The van der Waals surface area contributed by atoms with Crippen molar-refractivity contribution >= 4 is 38.6 Å². The Kier molecular flexibility index (Phi) is 5.23. The number of rotatable bonds is 7. The van der Waals surface area contributed by atoms with Crippen LogP contribution in [-0.4, -0.2) is 38.7 Å². The van der Waals surface area contributed by atoms with Crippen molar-refractivity contribution in [2.45, 2.75) is 23.0 Å². The number of benzene rings is 2. The van der Waals surface area contributed by atoms with Crippen LogP contribution in [0, 0.1) is 5.41 Å². The van der Waals surface area contributed by atoms with E-state index in [4.69, 9.17) is 43.8 Å². The lowest BCUT2D eigenvalue weighted by molar-refractivity contribution is 0.121. The van der Waals surface area contributed by atoms with Gasteiger partial charge in [-0.2, -0.15) is 0 Å². The minimum Gasteiger partial charge on any atom is -0.454 e. The van der Waals surface area contributed by atoms with E-state index >= 15 is 0 Å². The average Bonchev–Trinajstić information content (AvgIpc) is 3.18. The van der Waals surface area contributed by atoms with E-state index in [2.05, 4.69) is 0 Å². The smallest absolute Gasteiger partial charge is 0.231 e. The third-order valence-corrected chi connectivity index (χ3v) is 8.41. The standard InChI is InChI=1S/C20H20ClNO5S2/c1-2-25-10-20(19(22)28)17(12-3-8-15-16(9-12)27-11-26-15)18(20)29(23,24)14-6-4-13(21)5-7-14/h3-9,17-18H,2,10-11H2,1H3,(H2,22,28)/t17-,18-,20+/m0/s1. The summed E-state index contributed by atoms with van der Waals surface area (Å²) in [5.74, 6) is 0.740. The zero-order valence-corrected chi connectivity index (χ0v) is 18.0. The molecule has 1 saturated carbocycles. The average molecular weight is 454 g/mol. The molecule has 6 nitrogen and oxygen atoms in total. The van der Waals surface area contributed by atoms with E-state index in [-0.39, 0.29) is 23.3 Å². The predicted molar refractivity (Wildman–Crippen MR) is 113 cm³/mol. The molecule has 0 saturated heterocycles. The first-order chi connectivity index (χ1) is 13.8. The van der Waals surface area contributed by atoms with Gasteiger partial charge in [0.1, 0.15) is 0 Å². The predicted octanol–water partition coefficient (Wildman–Crippen LogP) is 3.32. The van der Waals surface area contributed by atoms with Gasteiger partial charge in [-0.15, -0.1) is 0 Å². The van der Waals surface area contributed by atoms with Crippen LogP contribution in [0.3, 0.4) is 0 Å². The van der Waals surface area contributed by atoms with Gasteiger partial charge in [0, 0.05) is 17.5 Å². The topological polar surface area (TPSA) is 87.8 Å². The number of ether oxygens (including phenoxy) is 3. The van der Waals surface area contributed by atoms with Gasteiger partial charge in [0.2, 0.25) is 6.79 Å².